The Morgan fingerprint density at radius 3 is 2.57 bits per heavy atom. The quantitative estimate of drug-likeness (QED) is 0.461. The molecule has 0 aliphatic heterocycles. The third-order valence-electron chi connectivity index (χ3n) is 2.31. The number of phenolic OH excluding ortho intramolecular Hbond substituents is 1. The normalized spacial score (nSPS) is 10.8. The van der Waals surface area contributed by atoms with Crippen LogP contribution in [0.2, 0.25) is 0 Å². The third-order valence-corrected chi connectivity index (χ3v) is 2.31. The monoisotopic (exact) mass is 294 g/mol. The summed E-state index contributed by atoms with van der Waals surface area (Å²) in [7, 11) is 0. The Kier molecular flexibility index (Phi) is 5.94. The molecule has 0 saturated carbocycles. The number of hydrogen-bond acceptors (Lipinski definition) is 6. The average molecular weight is 294 g/mol. The van der Waals surface area contributed by atoms with Crippen molar-refractivity contribution in [3.63, 3.8) is 0 Å². The number of esters is 2. The van der Waals surface area contributed by atoms with E-state index in [0.717, 1.165) is 6.08 Å². The molecule has 0 fully saturated rings. The number of aromatic hydroxyl groups is 1. The molecule has 112 valence electrons. The molecule has 1 aromatic carbocycles. The summed E-state index contributed by atoms with van der Waals surface area (Å²) in [5.74, 6) is -2.98. The first-order valence-electron chi connectivity index (χ1n) is 6.02. The van der Waals surface area contributed by atoms with Crippen LogP contribution in [0.5, 0.6) is 11.5 Å². The van der Waals surface area contributed by atoms with Crippen molar-refractivity contribution in [1.82, 2.24) is 0 Å². The molecule has 0 aromatic heterocycles. The molecule has 1 aromatic rings. The predicted molar refractivity (Wildman–Crippen MR) is 70.7 cm³/mol. The number of hydrogen-bond donors (Lipinski definition) is 2. The van der Waals surface area contributed by atoms with Crippen LogP contribution in [0.25, 0.3) is 0 Å². The molecule has 0 saturated heterocycles. The molecule has 0 atom stereocenters. The van der Waals surface area contributed by atoms with Gasteiger partial charge < -0.3 is 19.7 Å². The molecule has 0 spiro atoms. The van der Waals surface area contributed by atoms with Gasteiger partial charge in [-0.05, 0) is 18.6 Å². The third kappa shape index (κ3) is 5.77. The summed E-state index contributed by atoms with van der Waals surface area (Å²) < 4.78 is 9.48. The minimum atomic E-state index is -1.27. The minimum absolute atomic E-state index is 0.0624. The molecule has 0 unspecified atom stereocenters. The smallest absolute Gasteiger partial charge is 0.349 e. The van der Waals surface area contributed by atoms with Crippen LogP contribution in [0.4, 0.5) is 0 Å². The van der Waals surface area contributed by atoms with Gasteiger partial charge in [0.2, 0.25) is 0 Å². The Balaban J connectivity index is 2.53. The topological polar surface area (TPSA) is 110 Å². The number of benzene rings is 1. The van der Waals surface area contributed by atoms with E-state index in [1.165, 1.54) is 24.3 Å². The van der Waals surface area contributed by atoms with Crippen molar-refractivity contribution < 1.29 is 34.1 Å². The van der Waals surface area contributed by atoms with Gasteiger partial charge in [-0.25, -0.2) is 14.4 Å². The number of carboxylic acid groups (broad SMARTS) is 1. The van der Waals surface area contributed by atoms with Crippen molar-refractivity contribution in [3.8, 4) is 11.5 Å². The molecule has 7 nitrogen and oxygen atoms in total. The van der Waals surface area contributed by atoms with E-state index in [2.05, 4.69) is 4.74 Å². The van der Waals surface area contributed by atoms with Gasteiger partial charge >= 0.3 is 17.9 Å². The first-order valence-corrected chi connectivity index (χ1v) is 6.02. The SMILES string of the molecule is CC/C(=C\C(=O)O)C(=O)OCC(=O)Oc1cccc(O)c1. The van der Waals surface area contributed by atoms with Crippen LogP contribution in [-0.2, 0) is 19.1 Å². The van der Waals surface area contributed by atoms with Crippen LogP contribution in [0.3, 0.4) is 0 Å². The summed E-state index contributed by atoms with van der Waals surface area (Å²) in [6.45, 7) is 0.923. The number of carbonyl (C=O) groups is 3. The van der Waals surface area contributed by atoms with Crippen molar-refractivity contribution in [1.29, 1.82) is 0 Å². The summed E-state index contributed by atoms with van der Waals surface area (Å²) in [5.41, 5.74) is -0.0624. The van der Waals surface area contributed by atoms with Gasteiger partial charge in [-0.2, -0.15) is 0 Å². The molecule has 0 amide bonds. The van der Waals surface area contributed by atoms with Gasteiger partial charge in [0.05, 0.1) is 0 Å². The maximum atomic E-state index is 11.5. The van der Waals surface area contributed by atoms with Gasteiger partial charge in [0.15, 0.2) is 6.61 Å². The highest BCUT2D eigenvalue weighted by molar-refractivity contribution is 5.96. The molecule has 0 aliphatic rings. The maximum absolute atomic E-state index is 11.5. The average Bonchev–Trinajstić information content (AvgIpc) is 2.42. The van der Waals surface area contributed by atoms with Gasteiger partial charge in [-0.15, -0.1) is 0 Å². The number of carbonyl (C=O) groups excluding carboxylic acids is 2. The van der Waals surface area contributed by atoms with E-state index in [9.17, 15) is 19.5 Å². The maximum Gasteiger partial charge on any atom is 0.349 e. The summed E-state index contributed by atoms with van der Waals surface area (Å²) in [5, 5.41) is 17.8. The van der Waals surface area contributed by atoms with E-state index in [1.54, 1.807) is 6.92 Å². The highest BCUT2D eigenvalue weighted by atomic mass is 16.6. The molecule has 7 heteroatoms. The molecule has 0 aliphatic carbocycles. The second kappa shape index (κ2) is 7.68. The first-order chi connectivity index (χ1) is 9.92. The van der Waals surface area contributed by atoms with Crippen LogP contribution >= 0.6 is 0 Å². The van der Waals surface area contributed by atoms with E-state index < -0.39 is 24.5 Å². The number of ether oxygens (including phenoxy) is 2. The van der Waals surface area contributed by atoms with Gasteiger partial charge in [0, 0.05) is 17.7 Å². The lowest BCUT2D eigenvalue weighted by Gasteiger charge is -2.07. The second-order valence-electron chi connectivity index (χ2n) is 3.91. The minimum Gasteiger partial charge on any atom is -0.508 e. The lowest BCUT2D eigenvalue weighted by Crippen LogP contribution is -2.20. The van der Waals surface area contributed by atoms with Gasteiger partial charge in [-0.1, -0.05) is 13.0 Å². The zero-order chi connectivity index (χ0) is 15.8. The van der Waals surface area contributed by atoms with Crippen LogP contribution in [0.1, 0.15) is 13.3 Å². The highest BCUT2D eigenvalue weighted by Gasteiger charge is 2.14. The molecule has 0 bridgehead atoms. The van der Waals surface area contributed by atoms with E-state index in [1.807, 2.05) is 0 Å². The summed E-state index contributed by atoms with van der Waals surface area (Å²) >= 11 is 0. The zero-order valence-electron chi connectivity index (χ0n) is 11.2. The molecule has 1 rings (SSSR count). The Labute approximate surface area is 120 Å². The Bertz CT molecular complexity index is 574. The number of carboxylic acids is 1. The molecule has 0 heterocycles. The van der Waals surface area contributed by atoms with Crippen LogP contribution in [-0.4, -0.2) is 34.7 Å². The fourth-order valence-corrected chi connectivity index (χ4v) is 1.38. The summed E-state index contributed by atoms with van der Waals surface area (Å²) in [6, 6.07) is 5.55. The van der Waals surface area contributed by atoms with Gasteiger partial charge in [0.25, 0.3) is 0 Å². The fourth-order valence-electron chi connectivity index (χ4n) is 1.38. The fraction of sp³-hybridized carbons (Fsp3) is 0.214. The standard InChI is InChI=1S/C14H14O7/c1-2-9(6-12(16)17)14(19)20-8-13(18)21-11-5-3-4-10(15)7-11/h3-7,15H,2,8H2,1H3,(H,16,17)/b9-6+. The van der Waals surface area contributed by atoms with Crippen molar-refractivity contribution in [2.24, 2.45) is 0 Å². The van der Waals surface area contributed by atoms with Gasteiger partial charge in [0.1, 0.15) is 11.5 Å². The Morgan fingerprint density at radius 2 is 2.00 bits per heavy atom. The summed E-state index contributed by atoms with van der Waals surface area (Å²) in [4.78, 5) is 33.4. The number of phenols is 1. The van der Waals surface area contributed by atoms with E-state index in [4.69, 9.17) is 9.84 Å². The lowest BCUT2D eigenvalue weighted by molar-refractivity contribution is -0.151. The summed E-state index contributed by atoms with van der Waals surface area (Å²) in [6.07, 6.45) is 0.885. The highest BCUT2D eigenvalue weighted by Crippen LogP contribution is 2.17. The molecular weight excluding hydrogens is 280 g/mol. The van der Waals surface area contributed by atoms with Gasteiger partial charge in [-0.3, -0.25) is 0 Å². The van der Waals surface area contributed by atoms with Crippen molar-refractivity contribution in [3.05, 3.63) is 35.9 Å². The number of rotatable bonds is 6. The molecule has 2 N–H and O–H groups in total. The zero-order valence-corrected chi connectivity index (χ0v) is 11.2. The molecule has 21 heavy (non-hydrogen) atoms. The predicted octanol–water partition coefficient (Wildman–Crippen LogP) is 1.26. The lowest BCUT2D eigenvalue weighted by atomic mass is 10.2. The number of aliphatic carboxylic acids is 1. The Hall–Kier alpha value is -2.83. The van der Waals surface area contributed by atoms with Crippen molar-refractivity contribution in [2.45, 2.75) is 13.3 Å². The second-order valence-corrected chi connectivity index (χ2v) is 3.91. The Morgan fingerprint density at radius 1 is 1.29 bits per heavy atom. The van der Waals surface area contributed by atoms with Crippen LogP contribution in [0.15, 0.2) is 35.9 Å². The van der Waals surface area contributed by atoms with E-state index >= 15 is 0 Å². The van der Waals surface area contributed by atoms with Crippen LogP contribution in [0, 0.1) is 0 Å². The largest absolute Gasteiger partial charge is 0.508 e. The van der Waals surface area contributed by atoms with E-state index in [-0.39, 0.29) is 23.5 Å². The van der Waals surface area contributed by atoms with Crippen molar-refractivity contribution >= 4 is 17.9 Å². The molecule has 0 radical (unpaired) electrons. The van der Waals surface area contributed by atoms with Crippen molar-refractivity contribution in [2.75, 3.05) is 6.61 Å². The van der Waals surface area contributed by atoms with Crippen LogP contribution < -0.4 is 4.74 Å². The van der Waals surface area contributed by atoms with E-state index in [0.29, 0.717) is 0 Å². The molecular formula is C14H14O7. The first kappa shape index (κ1) is 16.2.